The molecule has 1 unspecified atom stereocenters. The zero-order valence-electron chi connectivity index (χ0n) is 9.19. The number of benzene rings is 1. The Bertz CT molecular complexity index is 419. The minimum atomic E-state index is -0.869. The highest BCUT2D eigenvalue weighted by Gasteiger charge is 2.22. The summed E-state index contributed by atoms with van der Waals surface area (Å²) in [5.41, 5.74) is -0.592. The second kappa shape index (κ2) is 5.09. The van der Waals surface area contributed by atoms with Gasteiger partial charge in [0.2, 0.25) is 5.82 Å². The highest BCUT2D eigenvalue weighted by atomic mass is 19.1. The maximum Gasteiger partial charge on any atom is 0.346 e. The number of halogens is 1. The summed E-state index contributed by atoms with van der Waals surface area (Å²) in [4.78, 5) is 9.95. The van der Waals surface area contributed by atoms with Gasteiger partial charge in [-0.3, -0.25) is 10.1 Å². The van der Waals surface area contributed by atoms with Crippen molar-refractivity contribution in [2.45, 2.75) is 18.9 Å². The van der Waals surface area contributed by atoms with Gasteiger partial charge in [-0.15, -0.1) is 0 Å². The van der Waals surface area contributed by atoms with Crippen LogP contribution in [-0.2, 0) is 0 Å². The summed E-state index contributed by atoms with van der Waals surface area (Å²) in [6.07, 6.45) is 2.04. The Morgan fingerprint density at radius 2 is 2.41 bits per heavy atom. The Balaban J connectivity index is 2.09. The number of nitro groups is 1. The molecule has 1 heterocycles. The molecule has 0 aromatic heterocycles. The van der Waals surface area contributed by atoms with Gasteiger partial charge in [0, 0.05) is 6.04 Å². The molecular formula is C11H13FN2O3. The quantitative estimate of drug-likeness (QED) is 0.644. The van der Waals surface area contributed by atoms with Crippen LogP contribution >= 0.6 is 0 Å². The van der Waals surface area contributed by atoms with E-state index in [-0.39, 0.29) is 11.8 Å². The molecule has 0 bridgehead atoms. The van der Waals surface area contributed by atoms with Crippen molar-refractivity contribution in [1.29, 1.82) is 0 Å². The Hall–Kier alpha value is -1.69. The molecule has 1 N–H and O–H groups in total. The molecule has 1 aromatic carbocycles. The summed E-state index contributed by atoms with van der Waals surface area (Å²) in [5, 5.41) is 13.9. The number of hydrogen-bond acceptors (Lipinski definition) is 4. The number of hydrogen-bond donors (Lipinski definition) is 1. The smallest absolute Gasteiger partial charge is 0.346 e. The van der Waals surface area contributed by atoms with E-state index in [2.05, 4.69) is 5.32 Å². The third kappa shape index (κ3) is 2.71. The molecule has 1 fully saturated rings. The highest BCUT2D eigenvalue weighted by molar-refractivity contribution is 5.47. The molecule has 0 saturated carbocycles. The lowest BCUT2D eigenvalue weighted by molar-refractivity contribution is -0.388. The van der Waals surface area contributed by atoms with Crippen LogP contribution in [0.2, 0.25) is 0 Å². The van der Waals surface area contributed by atoms with Crippen LogP contribution in [-0.4, -0.2) is 24.1 Å². The maximum absolute atomic E-state index is 13.3. The summed E-state index contributed by atoms with van der Waals surface area (Å²) in [5.74, 6) is -0.879. The minimum absolute atomic E-state index is 0.0105. The van der Waals surface area contributed by atoms with E-state index >= 15 is 0 Å². The molecular weight excluding hydrogens is 227 g/mol. The number of nitro benzene ring substituents is 1. The van der Waals surface area contributed by atoms with Crippen molar-refractivity contribution in [2.24, 2.45) is 0 Å². The van der Waals surface area contributed by atoms with Gasteiger partial charge in [-0.05, 0) is 31.5 Å². The number of rotatable bonds is 4. The SMILES string of the molecule is O=[N+]([O-])c1c(F)cccc1OCC1CCCN1. The molecule has 1 aliphatic heterocycles. The normalized spacial score (nSPS) is 19.2. The fourth-order valence-corrected chi connectivity index (χ4v) is 1.88. The van der Waals surface area contributed by atoms with Crippen LogP contribution in [0.3, 0.4) is 0 Å². The van der Waals surface area contributed by atoms with Crippen LogP contribution < -0.4 is 10.1 Å². The second-order valence-corrected chi connectivity index (χ2v) is 3.95. The molecule has 1 aromatic rings. The monoisotopic (exact) mass is 240 g/mol. The Morgan fingerprint density at radius 1 is 1.59 bits per heavy atom. The summed E-state index contributed by atoms with van der Waals surface area (Å²) >= 11 is 0. The van der Waals surface area contributed by atoms with E-state index in [1.165, 1.54) is 12.1 Å². The Kier molecular flexibility index (Phi) is 3.53. The first kappa shape index (κ1) is 11.8. The predicted octanol–water partition coefficient (Wildman–Crippen LogP) is 1.86. The molecule has 0 spiro atoms. The zero-order chi connectivity index (χ0) is 12.3. The average Bonchev–Trinajstić information content (AvgIpc) is 2.78. The zero-order valence-corrected chi connectivity index (χ0v) is 9.19. The fourth-order valence-electron chi connectivity index (χ4n) is 1.88. The van der Waals surface area contributed by atoms with E-state index in [4.69, 9.17) is 4.74 Å². The van der Waals surface area contributed by atoms with Crippen LogP contribution in [0.25, 0.3) is 0 Å². The van der Waals surface area contributed by atoms with Crippen LogP contribution in [0.4, 0.5) is 10.1 Å². The summed E-state index contributed by atoms with van der Waals surface area (Å²) in [6.45, 7) is 1.25. The number of para-hydroxylation sites is 1. The van der Waals surface area contributed by atoms with Crippen molar-refractivity contribution in [3.05, 3.63) is 34.1 Å². The fraction of sp³-hybridized carbons (Fsp3) is 0.455. The van der Waals surface area contributed by atoms with E-state index < -0.39 is 16.4 Å². The minimum Gasteiger partial charge on any atom is -0.485 e. The molecule has 1 atom stereocenters. The standard InChI is InChI=1S/C11H13FN2O3/c12-9-4-1-5-10(11(9)14(15)16)17-7-8-3-2-6-13-8/h1,4-5,8,13H,2-3,6-7H2. The van der Waals surface area contributed by atoms with E-state index in [1.54, 1.807) is 0 Å². The van der Waals surface area contributed by atoms with Gasteiger partial charge in [-0.1, -0.05) is 6.07 Å². The average molecular weight is 240 g/mol. The lowest BCUT2D eigenvalue weighted by Crippen LogP contribution is -2.28. The molecule has 1 aliphatic rings. The largest absolute Gasteiger partial charge is 0.485 e. The Morgan fingerprint density at radius 3 is 3.06 bits per heavy atom. The van der Waals surface area contributed by atoms with Gasteiger partial charge in [-0.2, -0.15) is 4.39 Å². The van der Waals surface area contributed by atoms with Crippen LogP contribution in [0, 0.1) is 15.9 Å². The first-order valence-electron chi connectivity index (χ1n) is 5.47. The lowest BCUT2D eigenvalue weighted by atomic mass is 10.2. The van der Waals surface area contributed by atoms with Crippen LogP contribution in [0.5, 0.6) is 5.75 Å². The van der Waals surface area contributed by atoms with Crippen molar-refractivity contribution in [1.82, 2.24) is 5.32 Å². The molecule has 0 aliphatic carbocycles. The molecule has 0 radical (unpaired) electrons. The van der Waals surface area contributed by atoms with Gasteiger partial charge in [0.25, 0.3) is 0 Å². The van der Waals surface area contributed by atoms with E-state index in [9.17, 15) is 14.5 Å². The summed E-state index contributed by atoms with van der Waals surface area (Å²) in [7, 11) is 0. The first-order chi connectivity index (χ1) is 8.18. The van der Waals surface area contributed by atoms with Gasteiger partial charge < -0.3 is 10.1 Å². The van der Waals surface area contributed by atoms with Crippen molar-refractivity contribution in [3.8, 4) is 5.75 Å². The van der Waals surface area contributed by atoms with Crippen LogP contribution in [0.1, 0.15) is 12.8 Å². The molecule has 92 valence electrons. The molecule has 0 amide bonds. The Labute approximate surface area is 97.7 Å². The first-order valence-corrected chi connectivity index (χ1v) is 5.47. The van der Waals surface area contributed by atoms with E-state index in [0.29, 0.717) is 6.61 Å². The van der Waals surface area contributed by atoms with Gasteiger partial charge in [0.05, 0.1) is 4.92 Å². The highest BCUT2D eigenvalue weighted by Crippen LogP contribution is 2.29. The predicted molar refractivity (Wildman–Crippen MR) is 59.6 cm³/mol. The van der Waals surface area contributed by atoms with Crippen molar-refractivity contribution in [2.75, 3.05) is 13.2 Å². The number of nitrogens with one attached hydrogen (secondary N) is 1. The third-order valence-corrected chi connectivity index (χ3v) is 2.73. The van der Waals surface area contributed by atoms with Gasteiger partial charge in [-0.25, -0.2) is 0 Å². The van der Waals surface area contributed by atoms with Crippen LogP contribution in [0.15, 0.2) is 18.2 Å². The number of nitrogens with zero attached hydrogens (tertiary/aromatic N) is 1. The van der Waals surface area contributed by atoms with Gasteiger partial charge in [0.15, 0.2) is 5.75 Å². The third-order valence-electron chi connectivity index (χ3n) is 2.73. The van der Waals surface area contributed by atoms with Gasteiger partial charge in [0.1, 0.15) is 6.61 Å². The summed E-state index contributed by atoms with van der Waals surface area (Å²) < 4.78 is 18.6. The molecule has 6 heteroatoms. The number of ether oxygens (including phenoxy) is 1. The van der Waals surface area contributed by atoms with E-state index in [1.807, 2.05) is 0 Å². The van der Waals surface area contributed by atoms with Crippen molar-refractivity contribution < 1.29 is 14.1 Å². The van der Waals surface area contributed by atoms with Crippen molar-refractivity contribution >= 4 is 5.69 Å². The van der Waals surface area contributed by atoms with Crippen molar-refractivity contribution in [3.63, 3.8) is 0 Å². The second-order valence-electron chi connectivity index (χ2n) is 3.95. The maximum atomic E-state index is 13.3. The lowest BCUT2D eigenvalue weighted by Gasteiger charge is -2.12. The summed E-state index contributed by atoms with van der Waals surface area (Å²) in [6, 6.07) is 4.06. The van der Waals surface area contributed by atoms with E-state index in [0.717, 1.165) is 25.5 Å². The van der Waals surface area contributed by atoms with Gasteiger partial charge >= 0.3 is 5.69 Å². The topological polar surface area (TPSA) is 64.4 Å². The molecule has 17 heavy (non-hydrogen) atoms. The molecule has 1 saturated heterocycles. The molecule has 2 rings (SSSR count). The molecule has 5 nitrogen and oxygen atoms in total.